The highest BCUT2D eigenvalue weighted by atomic mass is 16.4. The summed E-state index contributed by atoms with van der Waals surface area (Å²) >= 11 is 0. The van der Waals surface area contributed by atoms with Gasteiger partial charge in [-0.2, -0.15) is 5.10 Å². The van der Waals surface area contributed by atoms with Crippen LogP contribution in [0.15, 0.2) is 42.7 Å². The number of carbonyl (C=O) groups excluding carboxylic acids is 1. The second kappa shape index (κ2) is 6.59. The number of rotatable bonds is 5. The molecule has 1 atom stereocenters. The number of amides is 1. The second-order valence-corrected chi connectivity index (χ2v) is 7.50. The van der Waals surface area contributed by atoms with Crippen molar-refractivity contribution in [3.8, 4) is 0 Å². The SMILES string of the molecule is O=C(O)c1ccc(C2CCCN(C(=O)C3(Cn4cccn4)CC3)C2)cc1. The van der Waals surface area contributed by atoms with Gasteiger partial charge in [-0.15, -0.1) is 0 Å². The Balaban J connectivity index is 1.44. The first-order valence-corrected chi connectivity index (χ1v) is 9.17. The summed E-state index contributed by atoms with van der Waals surface area (Å²) in [6, 6.07) is 8.97. The minimum absolute atomic E-state index is 0.250. The number of likely N-dealkylation sites (tertiary alicyclic amines) is 1. The Morgan fingerprint density at radius 3 is 2.62 bits per heavy atom. The third-order valence-electron chi connectivity index (χ3n) is 5.67. The average molecular weight is 353 g/mol. The van der Waals surface area contributed by atoms with Gasteiger partial charge >= 0.3 is 5.97 Å². The van der Waals surface area contributed by atoms with Crippen molar-refractivity contribution in [2.45, 2.75) is 38.1 Å². The normalized spacial score (nSPS) is 21.4. The first-order valence-electron chi connectivity index (χ1n) is 9.17. The van der Waals surface area contributed by atoms with Gasteiger partial charge in [0.25, 0.3) is 0 Å². The third kappa shape index (κ3) is 3.23. The van der Waals surface area contributed by atoms with Crippen molar-refractivity contribution in [1.29, 1.82) is 0 Å². The molecule has 1 unspecified atom stereocenters. The molecule has 0 bridgehead atoms. The molecule has 2 fully saturated rings. The van der Waals surface area contributed by atoms with Gasteiger partial charge in [0, 0.05) is 31.4 Å². The maximum Gasteiger partial charge on any atom is 0.335 e. The smallest absolute Gasteiger partial charge is 0.335 e. The van der Waals surface area contributed by atoms with E-state index in [0.29, 0.717) is 18.7 Å². The summed E-state index contributed by atoms with van der Waals surface area (Å²) < 4.78 is 1.86. The summed E-state index contributed by atoms with van der Waals surface area (Å²) in [6.45, 7) is 2.18. The van der Waals surface area contributed by atoms with E-state index in [2.05, 4.69) is 5.10 Å². The molecule has 1 aliphatic heterocycles. The lowest BCUT2D eigenvalue weighted by atomic mass is 9.89. The quantitative estimate of drug-likeness (QED) is 0.897. The topological polar surface area (TPSA) is 75.4 Å². The Kier molecular flexibility index (Phi) is 4.26. The van der Waals surface area contributed by atoms with E-state index in [9.17, 15) is 9.59 Å². The predicted molar refractivity (Wildman–Crippen MR) is 95.9 cm³/mol. The Morgan fingerprint density at radius 1 is 1.23 bits per heavy atom. The number of hydrogen-bond donors (Lipinski definition) is 1. The van der Waals surface area contributed by atoms with Gasteiger partial charge < -0.3 is 10.0 Å². The van der Waals surface area contributed by atoms with E-state index < -0.39 is 5.97 Å². The maximum absolute atomic E-state index is 13.1. The largest absolute Gasteiger partial charge is 0.478 e. The van der Waals surface area contributed by atoms with Crippen molar-refractivity contribution in [3.63, 3.8) is 0 Å². The monoisotopic (exact) mass is 353 g/mol. The fraction of sp³-hybridized carbons (Fsp3) is 0.450. The molecule has 2 heterocycles. The van der Waals surface area contributed by atoms with Gasteiger partial charge in [-0.3, -0.25) is 9.48 Å². The van der Waals surface area contributed by atoms with Crippen molar-refractivity contribution in [2.24, 2.45) is 5.41 Å². The van der Waals surface area contributed by atoms with E-state index in [-0.39, 0.29) is 17.2 Å². The fourth-order valence-electron chi connectivity index (χ4n) is 3.96. The average Bonchev–Trinajstić information content (AvgIpc) is 3.26. The van der Waals surface area contributed by atoms with Crippen molar-refractivity contribution >= 4 is 11.9 Å². The lowest BCUT2D eigenvalue weighted by Crippen LogP contribution is -2.44. The Bertz CT molecular complexity index is 794. The highest BCUT2D eigenvalue weighted by molar-refractivity contribution is 5.87. The van der Waals surface area contributed by atoms with Crippen LogP contribution >= 0.6 is 0 Å². The summed E-state index contributed by atoms with van der Waals surface area (Å²) in [6.07, 6.45) is 7.53. The first kappa shape index (κ1) is 16.8. The van der Waals surface area contributed by atoms with Gasteiger partial charge in [-0.25, -0.2) is 4.79 Å². The number of piperidine rings is 1. The number of nitrogens with zero attached hydrogens (tertiary/aromatic N) is 3. The number of hydrogen-bond acceptors (Lipinski definition) is 3. The van der Waals surface area contributed by atoms with Crippen LogP contribution in [-0.4, -0.2) is 44.8 Å². The summed E-state index contributed by atoms with van der Waals surface area (Å²) in [5, 5.41) is 13.3. The number of carboxylic acid groups (broad SMARTS) is 1. The molecule has 0 spiro atoms. The molecule has 2 aliphatic rings. The zero-order valence-corrected chi connectivity index (χ0v) is 14.7. The predicted octanol–water partition coefficient (Wildman–Crippen LogP) is 2.77. The van der Waals surface area contributed by atoms with Crippen LogP contribution in [0.2, 0.25) is 0 Å². The van der Waals surface area contributed by atoms with Gasteiger partial charge in [-0.1, -0.05) is 12.1 Å². The lowest BCUT2D eigenvalue weighted by Gasteiger charge is -2.35. The van der Waals surface area contributed by atoms with E-state index in [1.165, 1.54) is 0 Å². The minimum Gasteiger partial charge on any atom is -0.478 e. The summed E-state index contributed by atoms with van der Waals surface area (Å²) in [7, 11) is 0. The molecule has 1 amide bonds. The molecule has 1 saturated heterocycles. The minimum atomic E-state index is -0.911. The lowest BCUT2D eigenvalue weighted by molar-refractivity contribution is -0.139. The van der Waals surface area contributed by atoms with E-state index >= 15 is 0 Å². The van der Waals surface area contributed by atoms with Gasteiger partial charge in [0.15, 0.2) is 0 Å². The Hall–Kier alpha value is -2.63. The molecule has 136 valence electrons. The standard InChI is InChI=1S/C20H23N3O3/c24-18(25)16-6-4-15(5-7-16)17-3-1-11-22(13-17)19(26)20(8-9-20)14-23-12-2-10-21-23/h2,4-7,10,12,17H,1,3,8-9,11,13-14H2,(H,24,25). The van der Waals surface area contributed by atoms with Crippen LogP contribution in [0, 0.1) is 5.41 Å². The number of aromatic nitrogens is 2. The van der Waals surface area contributed by atoms with Gasteiger partial charge in [0.2, 0.25) is 5.91 Å². The third-order valence-corrected chi connectivity index (χ3v) is 5.67. The molecule has 1 aromatic carbocycles. The maximum atomic E-state index is 13.1. The molecule has 1 aromatic heterocycles. The van der Waals surface area contributed by atoms with Crippen LogP contribution in [0.4, 0.5) is 0 Å². The second-order valence-electron chi connectivity index (χ2n) is 7.50. The van der Waals surface area contributed by atoms with E-state index in [0.717, 1.165) is 37.8 Å². The fourth-order valence-corrected chi connectivity index (χ4v) is 3.96. The number of benzene rings is 1. The molecule has 1 saturated carbocycles. The summed E-state index contributed by atoms with van der Waals surface area (Å²) in [5.74, 6) is -0.387. The zero-order chi connectivity index (χ0) is 18.1. The molecule has 6 heteroatoms. The molecule has 4 rings (SSSR count). The molecule has 2 aromatic rings. The highest BCUT2D eigenvalue weighted by Crippen LogP contribution is 2.49. The molecule has 1 N–H and O–H groups in total. The highest BCUT2D eigenvalue weighted by Gasteiger charge is 2.52. The zero-order valence-electron chi connectivity index (χ0n) is 14.7. The van der Waals surface area contributed by atoms with Gasteiger partial charge in [0.1, 0.15) is 0 Å². The molecular formula is C20H23N3O3. The number of aromatic carboxylic acids is 1. The van der Waals surface area contributed by atoms with Gasteiger partial charge in [-0.05, 0) is 49.4 Å². The van der Waals surface area contributed by atoms with Crippen LogP contribution in [0.3, 0.4) is 0 Å². The van der Waals surface area contributed by atoms with Crippen molar-refractivity contribution < 1.29 is 14.7 Å². The molecule has 6 nitrogen and oxygen atoms in total. The van der Waals surface area contributed by atoms with Crippen LogP contribution in [0.25, 0.3) is 0 Å². The Labute approximate surface area is 152 Å². The van der Waals surface area contributed by atoms with Crippen LogP contribution in [-0.2, 0) is 11.3 Å². The number of carbonyl (C=O) groups is 2. The molecular weight excluding hydrogens is 330 g/mol. The van der Waals surface area contributed by atoms with Crippen LogP contribution < -0.4 is 0 Å². The first-order chi connectivity index (χ1) is 12.6. The number of carboxylic acids is 1. The summed E-state index contributed by atoms with van der Waals surface area (Å²) in [5.41, 5.74) is 1.14. The molecule has 1 aliphatic carbocycles. The van der Waals surface area contributed by atoms with Crippen molar-refractivity contribution in [2.75, 3.05) is 13.1 Å². The van der Waals surface area contributed by atoms with E-state index in [1.807, 2.05) is 34.0 Å². The van der Waals surface area contributed by atoms with E-state index in [1.54, 1.807) is 18.3 Å². The summed E-state index contributed by atoms with van der Waals surface area (Å²) in [4.78, 5) is 26.2. The van der Waals surface area contributed by atoms with Crippen LogP contribution in [0.5, 0.6) is 0 Å². The van der Waals surface area contributed by atoms with Crippen molar-refractivity contribution in [1.82, 2.24) is 14.7 Å². The Morgan fingerprint density at radius 2 is 2.00 bits per heavy atom. The van der Waals surface area contributed by atoms with E-state index in [4.69, 9.17) is 5.11 Å². The van der Waals surface area contributed by atoms with Crippen LogP contribution in [0.1, 0.15) is 47.5 Å². The van der Waals surface area contributed by atoms with Crippen molar-refractivity contribution in [3.05, 3.63) is 53.9 Å². The van der Waals surface area contributed by atoms with Gasteiger partial charge in [0.05, 0.1) is 17.5 Å². The molecule has 26 heavy (non-hydrogen) atoms. The molecule has 0 radical (unpaired) electrons.